The second kappa shape index (κ2) is 5.38. The minimum absolute atomic E-state index is 0.287. The summed E-state index contributed by atoms with van der Waals surface area (Å²) in [7, 11) is 0. The molecule has 1 aromatic heterocycles. The standard InChI is InChI=1S/C13H14FNOS2/c1-7-4-12(10(9(3)16)5-11(7)14)18-13-15-8(2)6-17-13/h4-6,9,16H,1-3H3/t9-/m1/s1. The zero-order valence-corrected chi connectivity index (χ0v) is 12.0. The van der Waals surface area contributed by atoms with Crippen LogP contribution in [-0.4, -0.2) is 10.1 Å². The fourth-order valence-corrected chi connectivity index (χ4v) is 3.65. The van der Waals surface area contributed by atoms with Crippen molar-refractivity contribution in [3.8, 4) is 0 Å². The predicted octanol–water partition coefficient (Wildman–Crippen LogP) is 4.10. The molecule has 0 amide bonds. The highest BCUT2D eigenvalue weighted by Crippen LogP contribution is 2.36. The number of nitrogens with zero attached hydrogens (tertiary/aromatic N) is 1. The molecule has 1 N–H and O–H groups in total. The van der Waals surface area contributed by atoms with Gasteiger partial charge in [-0.3, -0.25) is 0 Å². The average molecular weight is 283 g/mol. The van der Waals surface area contributed by atoms with Gasteiger partial charge >= 0.3 is 0 Å². The summed E-state index contributed by atoms with van der Waals surface area (Å²) in [4.78, 5) is 5.22. The van der Waals surface area contributed by atoms with E-state index in [1.165, 1.54) is 17.8 Å². The van der Waals surface area contributed by atoms with Crippen molar-refractivity contribution in [2.24, 2.45) is 0 Å². The molecule has 0 fully saturated rings. The highest BCUT2D eigenvalue weighted by atomic mass is 32.2. The largest absolute Gasteiger partial charge is 0.389 e. The zero-order chi connectivity index (χ0) is 13.3. The van der Waals surface area contributed by atoms with Gasteiger partial charge in [-0.25, -0.2) is 9.37 Å². The van der Waals surface area contributed by atoms with Crippen LogP contribution < -0.4 is 0 Å². The van der Waals surface area contributed by atoms with E-state index in [4.69, 9.17) is 0 Å². The molecule has 1 aromatic carbocycles. The fourth-order valence-electron chi connectivity index (χ4n) is 1.56. The lowest BCUT2D eigenvalue weighted by molar-refractivity contribution is 0.196. The van der Waals surface area contributed by atoms with Crippen molar-refractivity contribution in [2.45, 2.75) is 36.1 Å². The highest BCUT2D eigenvalue weighted by molar-refractivity contribution is 8.01. The van der Waals surface area contributed by atoms with Gasteiger partial charge in [0.1, 0.15) is 5.82 Å². The van der Waals surface area contributed by atoms with Crippen molar-refractivity contribution >= 4 is 23.1 Å². The quantitative estimate of drug-likeness (QED) is 0.920. The number of halogens is 1. The summed E-state index contributed by atoms with van der Waals surface area (Å²) in [6, 6.07) is 3.17. The Bertz CT molecular complexity index is 566. The van der Waals surface area contributed by atoms with Crippen LogP contribution in [0.2, 0.25) is 0 Å². The molecule has 2 aromatic rings. The van der Waals surface area contributed by atoms with Crippen molar-refractivity contribution in [3.05, 3.63) is 40.2 Å². The molecule has 0 aliphatic heterocycles. The molecule has 0 saturated heterocycles. The van der Waals surface area contributed by atoms with E-state index in [2.05, 4.69) is 4.98 Å². The third-order valence-corrected chi connectivity index (χ3v) is 4.67. The summed E-state index contributed by atoms with van der Waals surface area (Å²) in [6.45, 7) is 5.30. The summed E-state index contributed by atoms with van der Waals surface area (Å²) < 4.78 is 14.4. The van der Waals surface area contributed by atoms with Crippen LogP contribution in [0.4, 0.5) is 4.39 Å². The van der Waals surface area contributed by atoms with Gasteiger partial charge < -0.3 is 5.11 Å². The fraction of sp³-hybridized carbons (Fsp3) is 0.308. The molecule has 0 radical (unpaired) electrons. The average Bonchev–Trinajstić information content (AvgIpc) is 2.68. The zero-order valence-electron chi connectivity index (χ0n) is 10.4. The molecule has 96 valence electrons. The van der Waals surface area contributed by atoms with Crippen LogP contribution in [0, 0.1) is 19.7 Å². The summed E-state index contributed by atoms with van der Waals surface area (Å²) in [5, 5.41) is 11.7. The van der Waals surface area contributed by atoms with E-state index in [0.29, 0.717) is 11.1 Å². The van der Waals surface area contributed by atoms with Crippen LogP contribution >= 0.6 is 23.1 Å². The Hall–Kier alpha value is -0.910. The van der Waals surface area contributed by atoms with E-state index >= 15 is 0 Å². The number of aliphatic hydroxyl groups is 1. The smallest absolute Gasteiger partial charge is 0.154 e. The Kier molecular flexibility index (Phi) is 4.04. The first-order chi connectivity index (χ1) is 8.47. The molecule has 0 unspecified atom stereocenters. The molecule has 1 atom stereocenters. The van der Waals surface area contributed by atoms with E-state index in [1.54, 1.807) is 31.3 Å². The molecule has 0 spiro atoms. The van der Waals surface area contributed by atoms with Gasteiger partial charge in [0.25, 0.3) is 0 Å². The van der Waals surface area contributed by atoms with Crippen molar-refractivity contribution in [2.75, 3.05) is 0 Å². The molecule has 1 heterocycles. The van der Waals surface area contributed by atoms with Crippen LogP contribution in [-0.2, 0) is 0 Å². The van der Waals surface area contributed by atoms with Crippen LogP contribution in [0.3, 0.4) is 0 Å². The van der Waals surface area contributed by atoms with E-state index in [0.717, 1.165) is 14.9 Å². The molecule has 2 nitrogen and oxygen atoms in total. The van der Waals surface area contributed by atoms with Crippen LogP contribution in [0.25, 0.3) is 0 Å². The number of thiazole rings is 1. The van der Waals surface area contributed by atoms with E-state index in [1.807, 2.05) is 12.3 Å². The monoisotopic (exact) mass is 283 g/mol. The van der Waals surface area contributed by atoms with Gasteiger partial charge in [-0.05, 0) is 44.0 Å². The summed E-state index contributed by atoms with van der Waals surface area (Å²) in [6.07, 6.45) is -0.691. The first-order valence-electron chi connectivity index (χ1n) is 5.55. The number of hydrogen-bond donors (Lipinski definition) is 1. The molecule has 2 rings (SSSR count). The molecule has 5 heteroatoms. The third-order valence-electron chi connectivity index (χ3n) is 2.54. The Morgan fingerprint density at radius 3 is 2.67 bits per heavy atom. The van der Waals surface area contributed by atoms with Crippen molar-refractivity contribution in [1.29, 1.82) is 0 Å². The Morgan fingerprint density at radius 1 is 1.39 bits per heavy atom. The van der Waals surface area contributed by atoms with Gasteiger partial charge in [0.15, 0.2) is 4.34 Å². The van der Waals surface area contributed by atoms with Gasteiger partial charge in [0.05, 0.1) is 6.10 Å². The summed E-state index contributed by atoms with van der Waals surface area (Å²) in [5.41, 5.74) is 2.16. The Labute approximate surface area is 114 Å². The molecule has 0 bridgehead atoms. The first kappa shape index (κ1) is 13.5. The Balaban J connectivity index is 2.39. The Morgan fingerprint density at radius 2 is 2.11 bits per heavy atom. The third kappa shape index (κ3) is 2.91. The number of benzene rings is 1. The first-order valence-corrected chi connectivity index (χ1v) is 7.25. The lowest BCUT2D eigenvalue weighted by Gasteiger charge is -2.12. The minimum Gasteiger partial charge on any atom is -0.389 e. The normalized spacial score (nSPS) is 12.7. The number of hydrogen-bond acceptors (Lipinski definition) is 4. The van der Waals surface area contributed by atoms with Gasteiger partial charge in [-0.15, -0.1) is 11.3 Å². The van der Waals surface area contributed by atoms with Crippen molar-refractivity contribution in [1.82, 2.24) is 4.98 Å². The topological polar surface area (TPSA) is 33.1 Å². The number of aromatic nitrogens is 1. The lowest BCUT2D eigenvalue weighted by atomic mass is 10.1. The van der Waals surface area contributed by atoms with Gasteiger partial charge in [-0.1, -0.05) is 11.8 Å². The van der Waals surface area contributed by atoms with Crippen molar-refractivity contribution in [3.63, 3.8) is 0 Å². The van der Waals surface area contributed by atoms with Crippen LogP contribution in [0.15, 0.2) is 26.7 Å². The van der Waals surface area contributed by atoms with E-state index in [-0.39, 0.29) is 5.82 Å². The van der Waals surface area contributed by atoms with Gasteiger partial charge in [0.2, 0.25) is 0 Å². The SMILES string of the molecule is Cc1csc(Sc2cc(C)c(F)cc2[C@@H](C)O)n1. The molecule has 0 aliphatic rings. The molecular formula is C13H14FNOS2. The maximum absolute atomic E-state index is 13.5. The van der Waals surface area contributed by atoms with Crippen LogP contribution in [0.1, 0.15) is 29.8 Å². The lowest BCUT2D eigenvalue weighted by Crippen LogP contribution is -1.97. The summed E-state index contributed by atoms with van der Waals surface area (Å²) in [5.74, 6) is -0.287. The van der Waals surface area contributed by atoms with E-state index in [9.17, 15) is 9.50 Å². The predicted molar refractivity (Wildman–Crippen MR) is 72.7 cm³/mol. The highest BCUT2D eigenvalue weighted by Gasteiger charge is 2.14. The maximum atomic E-state index is 13.5. The van der Waals surface area contributed by atoms with E-state index < -0.39 is 6.10 Å². The number of aliphatic hydroxyl groups excluding tert-OH is 1. The molecular weight excluding hydrogens is 269 g/mol. The molecule has 0 saturated carbocycles. The number of rotatable bonds is 3. The van der Waals surface area contributed by atoms with Crippen LogP contribution in [0.5, 0.6) is 0 Å². The summed E-state index contributed by atoms with van der Waals surface area (Å²) >= 11 is 3.02. The second-order valence-electron chi connectivity index (χ2n) is 4.17. The second-order valence-corrected chi connectivity index (χ2v) is 6.32. The number of aryl methyl sites for hydroxylation is 2. The molecule has 0 aliphatic carbocycles. The van der Waals surface area contributed by atoms with Gasteiger partial charge in [-0.2, -0.15) is 0 Å². The molecule has 18 heavy (non-hydrogen) atoms. The minimum atomic E-state index is -0.691. The van der Waals surface area contributed by atoms with Gasteiger partial charge in [0, 0.05) is 16.0 Å². The van der Waals surface area contributed by atoms with Crippen molar-refractivity contribution < 1.29 is 9.50 Å². The maximum Gasteiger partial charge on any atom is 0.154 e.